The molecule has 2 atom stereocenters. The molecule has 4 aromatic heterocycles. The summed E-state index contributed by atoms with van der Waals surface area (Å²) in [6, 6.07) is 15.6. The van der Waals surface area contributed by atoms with E-state index in [9.17, 15) is 0 Å². The van der Waals surface area contributed by atoms with E-state index in [1.807, 2.05) is 9.36 Å². The Kier molecular flexibility index (Phi) is 12.6. The number of likely N-dealkylation sites (tertiary alicyclic amines) is 2. The predicted molar refractivity (Wildman–Crippen MR) is 257 cm³/mol. The summed E-state index contributed by atoms with van der Waals surface area (Å²) in [6.45, 7) is 27.9. The van der Waals surface area contributed by atoms with Gasteiger partial charge in [0.1, 0.15) is 60.4 Å². The zero-order chi connectivity index (χ0) is 46.5. The molecule has 2 aromatic carbocycles. The van der Waals surface area contributed by atoms with Gasteiger partial charge in [0.2, 0.25) is 0 Å². The number of nitrogens with zero attached hydrogens (tertiary/aromatic N) is 14. The van der Waals surface area contributed by atoms with Crippen molar-refractivity contribution < 1.29 is 18.9 Å². The Balaban J connectivity index is 0.000000149. The van der Waals surface area contributed by atoms with Crippen LogP contribution in [0.15, 0.2) is 61.4 Å². The van der Waals surface area contributed by atoms with Crippen LogP contribution in [0.4, 0.5) is 0 Å². The molecular formula is C50H66N14O4. The number of benzene rings is 2. The Morgan fingerprint density at radius 1 is 0.500 bits per heavy atom. The van der Waals surface area contributed by atoms with Crippen molar-refractivity contribution >= 4 is 0 Å². The minimum Gasteiger partial charge on any atom is -0.491 e. The molecule has 0 saturated carbocycles. The lowest BCUT2D eigenvalue weighted by Crippen LogP contribution is -2.61. The van der Waals surface area contributed by atoms with Gasteiger partial charge in [0.15, 0.2) is 11.6 Å². The zero-order valence-corrected chi connectivity index (χ0v) is 40.4. The van der Waals surface area contributed by atoms with Gasteiger partial charge in [-0.15, -0.1) is 0 Å². The smallest absolute Gasteiger partial charge is 0.178 e. The van der Waals surface area contributed by atoms with Crippen molar-refractivity contribution in [1.82, 2.24) is 68.2 Å². The second kappa shape index (κ2) is 19.1. The molecule has 4 saturated heterocycles. The molecule has 18 nitrogen and oxygen atoms in total. The van der Waals surface area contributed by atoms with Gasteiger partial charge in [-0.1, -0.05) is 12.1 Å². The summed E-state index contributed by atoms with van der Waals surface area (Å²) < 4.78 is 31.4. The van der Waals surface area contributed by atoms with Gasteiger partial charge in [-0.25, -0.2) is 29.3 Å². The van der Waals surface area contributed by atoms with Gasteiger partial charge in [-0.3, -0.25) is 19.6 Å². The van der Waals surface area contributed by atoms with E-state index in [0.717, 1.165) is 149 Å². The van der Waals surface area contributed by atoms with Crippen LogP contribution in [0.5, 0.6) is 11.5 Å². The number of imidazole rings is 2. The molecule has 0 amide bonds. The number of hydrogen-bond donors (Lipinski definition) is 0. The van der Waals surface area contributed by atoms with E-state index < -0.39 is 0 Å². The first-order chi connectivity index (χ1) is 33.2. The van der Waals surface area contributed by atoms with Gasteiger partial charge >= 0.3 is 0 Å². The van der Waals surface area contributed by atoms with Crippen molar-refractivity contribution in [3.8, 4) is 57.3 Å². The third-order valence-corrected chi connectivity index (χ3v) is 14.8. The van der Waals surface area contributed by atoms with Crippen molar-refractivity contribution in [3.63, 3.8) is 0 Å². The number of ether oxygens (including phenoxy) is 4. The van der Waals surface area contributed by atoms with Crippen LogP contribution in [0.1, 0.15) is 76.8 Å². The quantitative estimate of drug-likeness (QED) is 0.165. The molecule has 0 bridgehead atoms. The van der Waals surface area contributed by atoms with Crippen LogP contribution in [-0.2, 0) is 22.6 Å². The summed E-state index contributed by atoms with van der Waals surface area (Å²) in [4.78, 5) is 29.3. The van der Waals surface area contributed by atoms with Gasteiger partial charge in [0.05, 0.1) is 50.6 Å². The first-order valence-electron chi connectivity index (χ1n) is 24.8. The Hall–Kier alpha value is -5.50. The average Bonchev–Trinajstić information content (AvgIpc) is 4.14. The van der Waals surface area contributed by atoms with Crippen LogP contribution in [0, 0.1) is 0 Å². The van der Waals surface area contributed by atoms with Crippen molar-refractivity contribution in [3.05, 3.63) is 72.6 Å². The van der Waals surface area contributed by atoms with Crippen LogP contribution >= 0.6 is 0 Å². The molecule has 0 unspecified atom stereocenters. The monoisotopic (exact) mass is 927 g/mol. The molecule has 10 heterocycles. The summed E-state index contributed by atoms with van der Waals surface area (Å²) in [5.74, 6) is 5.27. The summed E-state index contributed by atoms with van der Waals surface area (Å²) >= 11 is 0. The second-order valence-electron chi connectivity index (χ2n) is 19.6. The highest BCUT2D eigenvalue weighted by molar-refractivity contribution is 5.70. The van der Waals surface area contributed by atoms with Gasteiger partial charge in [-0.05, 0) is 76.9 Å². The molecule has 6 aromatic rings. The maximum atomic E-state index is 6.09. The van der Waals surface area contributed by atoms with E-state index in [-0.39, 0.29) is 12.1 Å². The minimum atomic E-state index is 0.222. The van der Waals surface area contributed by atoms with Crippen molar-refractivity contribution in [2.75, 3.05) is 92.0 Å². The molecular weight excluding hydrogens is 861 g/mol. The Bertz CT molecular complexity index is 2500. The first kappa shape index (κ1) is 45.0. The normalized spacial score (nSPS) is 20.4. The van der Waals surface area contributed by atoms with Gasteiger partial charge in [-0.2, -0.15) is 10.2 Å². The third-order valence-electron chi connectivity index (χ3n) is 14.8. The van der Waals surface area contributed by atoms with Crippen LogP contribution in [-0.4, -0.2) is 172 Å². The SMILES string of the molecule is CC(C)n1ncnc1-c1cn2c(n1)-c1cc([C@@H](C)N3CC(N4CCOCC4)C3)ccc1OCC2.CC(C)n1ncnc1-c1cn2c(n1)-c1cc([C@H](C)N3CC(N4CCOCC4)C3)ccc1OCC2. The van der Waals surface area contributed by atoms with E-state index in [1.165, 1.54) is 11.1 Å². The summed E-state index contributed by atoms with van der Waals surface area (Å²) in [5.41, 5.74) is 6.40. The van der Waals surface area contributed by atoms with E-state index in [4.69, 9.17) is 28.9 Å². The maximum absolute atomic E-state index is 6.09. The highest BCUT2D eigenvalue weighted by atomic mass is 16.5. The summed E-state index contributed by atoms with van der Waals surface area (Å²) in [6.07, 6.45) is 7.37. The second-order valence-corrected chi connectivity index (χ2v) is 19.6. The summed E-state index contributed by atoms with van der Waals surface area (Å²) in [7, 11) is 0. The molecule has 4 fully saturated rings. The fourth-order valence-electron chi connectivity index (χ4n) is 10.5. The number of aromatic nitrogens is 10. The lowest BCUT2D eigenvalue weighted by atomic mass is 9.97. The molecule has 12 rings (SSSR count). The zero-order valence-electron chi connectivity index (χ0n) is 40.4. The maximum Gasteiger partial charge on any atom is 0.178 e. The molecule has 6 aliphatic rings. The molecule has 18 heteroatoms. The number of rotatable bonds is 10. The van der Waals surface area contributed by atoms with Gasteiger partial charge < -0.3 is 28.1 Å². The van der Waals surface area contributed by atoms with Crippen LogP contribution in [0.2, 0.25) is 0 Å². The Labute approximate surface area is 398 Å². The summed E-state index contributed by atoms with van der Waals surface area (Å²) in [5, 5.41) is 8.78. The first-order valence-corrected chi connectivity index (χ1v) is 24.8. The molecule has 0 radical (unpaired) electrons. The number of morpholine rings is 2. The minimum absolute atomic E-state index is 0.222. The topological polar surface area (TPSA) is 147 Å². The molecule has 0 aliphatic carbocycles. The standard InChI is InChI=1S/2C25H33N7O2/c2*1-17(2)32-25(26-16-27-32)22-15-30-8-11-34-23-5-4-19(12-21(23)24(30)28-22)18(3)31-13-20(14-31)29-6-9-33-10-7-29/h2*4-5,12,15-18,20H,6-11,13-14H2,1-3H3/t2*18-/m10/s1. The van der Waals surface area contributed by atoms with Crippen molar-refractivity contribution in [1.29, 1.82) is 0 Å². The van der Waals surface area contributed by atoms with Crippen molar-refractivity contribution in [2.45, 2.75) is 90.9 Å². The molecule has 360 valence electrons. The largest absolute Gasteiger partial charge is 0.491 e. The molecule has 0 N–H and O–H groups in total. The van der Waals surface area contributed by atoms with Gasteiger partial charge in [0, 0.05) is 101 Å². The lowest BCUT2D eigenvalue weighted by Gasteiger charge is -2.49. The van der Waals surface area contributed by atoms with E-state index >= 15 is 0 Å². The highest BCUT2D eigenvalue weighted by Gasteiger charge is 2.37. The number of fused-ring (bicyclic) bond motifs is 6. The Morgan fingerprint density at radius 3 is 1.31 bits per heavy atom. The lowest BCUT2D eigenvalue weighted by molar-refractivity contribution is -0.0434. The molecule has 68 heavy (non-hydrogen) atoms. The van der Waals surface area contributed by atoms with Crippen LogP contribution in [0.25, 0.3) is 45.8 Å². The van der Waals surface area contributed by atoms with Gasteiger partial charge in [0.25, 0.3) is 0 Å². The number of hydrogen-bond acceptors (Lipinski definition) is 14. The highest BCUT2D eigenvalue weighted by Crippen LogP contribution is 2.40. The fourth-order valence-corrected chi connectivity index (χ4v) is 10.5. The van der Waals surface area contributed by atoms with E-state index in [0.29, 0.717) is 37.4 Å². The van der Waals surface area contributed by atoms with Crippen LogP contribution < -0.4 is 9.47 Å². The average molecular weight is 927 g/mol. The van der Waals surface area contributed by atoms with Crippen molar-refractivity contribution in [2.24, 2.45) is 0 Å². The van der Waals surface area contributed by atoms with Crippen LogP contribution in [0.3, 0.4) is 0 Å². The predicted octanol–water partition coefficient (Wildman–Crippen LogP) is 5.72. The third kappa shape index (κ3) is 8.75. The fraction of sp³-hybridized carbons (Fsp3) is 0.560. The Morgan fingerprint density at radius 2 is 0.912 bits per heavy atom. The van der Waals surface area contributed by atoms with E-state index in [2.05, 4.69) is 139 Å². The molecule has 0 spiro atoms. The molecule has 6 aliphatic heterocycles. The van der Waals surface area contributed by atoms with E-state index in [1.54, 1.807) is 12.7 Å².